The number of nitrogens with one attached hydrogen (secondary N) is 1. The Morgan fingerprint density at radius 2 is 2.14 bits per heavy atom. The molecule has 1 heterocycles. The molecule has 1 N–H and O–H groups in total. The fraction of sp³-hybridized carbons (Fsp3) is 0.444. The van der Waals surface area contributed by atoms with E-state index in [1.54, 1.807) is 6.20 Å². The predicted molar refractivity (Wildman–Crippen MR) is 66.7 cm³/mol. The summed E-state index contributed by atoms with van der Waals surface area (Å²) >= 11 is 6.80. The molecule has 0 aliphatic carbocycles. The highest BCUT2D eigenvalue weighted by molar-refractivity contribution is 9.11. The fourth-order valence-corrected chi connectivity index (χ4v) is 2.07. The van der Waals surface area contributed by atoms with Crippen molar-refractivity contribution in [3.63, 3.8) is 0 Å². The van der Waals surface area contributed by atoms with Crippen molar-refractivity contribution < 1.29 is 0 Å². The SMILES string of the molecule is CN(C)CCNc1ncc(Br)cc1Br. The van der Waals surface area contributed by atoms with Gasteiger partial charge in [0.25, 0.3) is 0 Å². The van der Waals surface area contributed by atoms with Gasteiger partial charge >= 0.3 is 0 Å². The summed E-state index contributed by atoms with van der Waals surface area (Å²) in [6.07, 6.45) is 1.78. The van der Waals surface area contributed by atoms with Crippen molar-refractivity contribution in [2.45, 2.75) is 0 Å². The number of pyridine rings is 1. The summed E-state index contributed by atoms with van der Waals surface area (Å²) in [4.78, 5) is 6.38. The molecule has 0 aliphatic rings. The van der Waals surface area contributed by atoms with Gasteiger partial charge in [-0.15, -0.1) is 0 Å². The summed E-state index contributed by atoms with van der Waals surface area (Å²) in [5.74, 6) is 0.884. The lowest BCUT2D eigenvalue weighted by Crippen LogP contribution is -2.21. The first-order valence-electron chi connectivity index (χ1n) is 4.29. The van der Waals surface area contributed by atoms with E-state index in [4.69, 9.17) is 0 Å². The normalized spacial score (nSPS) is 10.6. The molecule has 1 rings (SSSR count). The number of hydrogen-bond acceptors (Lipinski definition) is 3. The molecule has 78 valence electrons. The summed E-state index contributed by atoms with van der Waals surface area (Å²) in [7, 11) is 4.09. The fourth-order valence-electron chi connectivity index (χ4n) is 0.943. The van der Waals surface area contributed by atoms with Crippen LogP contribution in [0.25, 0.3) is 0 Å². The van der Waals surface area contributed by atoms with Crippen LogP contribution in [0, 0.1) is 0 Å². The lowest BCUT2D eigenvalue weighted by atomic mass is 10.4. The second-order valence-electron chi connectivity index (χ2n) is 3.21. The Bertz CT molecular complexity index is 302. The molecule has 3 nitrogen and oxygen atoms in total. The van der Waals surface area contributed by atoms with Gasteiger partial charge in [-0.2, -0.15) is 0 Å². The maximum absolute atomic E-state index is 4.25. The first-order chi connectivity index (χ1) is 6.59. The molecule has 14 heavy (non-hydrogen) atoms. The van der Waals surface area contributed by atoms with Crippen molar-refractivity contribution in [3.05, 3.63) is 21.2 Å². The molecule has 0 amide bonds. The van der Waals surface area contributed by atoms with E-state index in [0.717, 1.165) is 27.9 Å². The van der Waals surface area contributed by atoms with Gasteiger partial charge in [-0.3, -0.25) is 0 Å². The molecule has 0 aliphatic heterocycles. The Labute approximate surface area is 101 Å². The van der Waals surface area contributed by atoms with Crippen LogP contribution in [0.2, 0.25) is 0 Å². The minimum atomic E-state index is 0.884. The van der Waals surface area contributed by atoms with Crippen LogP contribution in [-0.4, -0.2) is 37.1 Å². The summed E-state index contributed by atoms with van der Waals surface area (Å²) < 4.78 is 1.95. The van der Waals surface area contributed by atoms with E-state index < -0.39 is 0 Å². The van der Waals surface area contributed by atoms with Gasteiger partial charge in [-0.1, -0.05) is 0 Å². The van der Waals surface area contributed by atoms with Crippen molar-refractivity contribution in [2.75, 3.05) is 32.5 Å². The maximum Gasteiger partial charge on any atom is 0.140 e. The first kappa shape index (κ1) is 11.9. The molecule has 0 aromatic carbocycles. The van der Waals surface area contributed by atoms with Crippen molar-refractivity contribution in [2.24, 2.45) is 0 Å². The predicted octanol–water partition coefficient (Wildman–Crippen LogP) is 2.58. The zero-order valence-corrected chi connectivity index (χ0v) is 11.4. The molecule has 0 bridgehead atoms. The highest BCUT2D eigenvalue weighted by Crippen LogP contribution is 2.22. The maximum atomic E-state index is 4.25. The first-order valence-corrected chi connectivity index (χ1v) is 5.88. The number of aromatic nitrogens is 1. The zero-order chi connectivity index (χ0) is 10.6. The number of anilines is 1. The number of halogens is 2. The molecule has 0 radical (unpaired) electrons. The van der Waals surface area contributed by atoms with E-state index in [0.29, 0.717) is 0 Å². The Morgan fingerprint density at radius 1 is 1.43 bits per heavy atom. The number of hydrogen-bond donors (Lipinski definition) is 1. The Morgan fingerprint density at radius 3 is 2.71 bits per heavy atom. The van der Waals surface area contributed by atoms with Crippen LogP contribution < -0.4 is 5.32 Å². The highest BCUT2D eigenvalue weighted by atomic mass is 79.9. The quantitative estimate of drug-likeness (QED) is 0.923. The van der Waals surface area contributed by atoms with E-state index in [2.05, 4.69) is 47.1 Å². The average Bonchev–Trinajstić information content (AvgIpc) is 2.08. The molecule has 1 aromatic heterocycles. The Balaban J connectivity index is 2.51. The van der Waals surface area contributed by atoms with Gasteiger partial charge in [0.05, 0.1) is 4.47 Å². The van der Waals surface area contributed by atoms with Crippen LogP contribution >= 0.6 is 31.9 Å². The molecule has 0 unspecified atom stereocenters. The average molecular weight is 323 g/mol. The molecule has 1 aromatic rings. The Hall–Kier alpha value is -0.130. The molecular formula is C9H13Br2N3. The van der Waals surface area contributed by atoms with Gasteiger partial charge in [0.1, 0.15) is 5.82 Å². The summed E-state index contributed by atoms with van der Waals surface area (Å²) in [6, 6.07) is 1.98. The molecule has 0 fully saturated rings. The molecule has 0 atom stereocenters. The van der Waals surface area contributed by atoms with E-state index in [9.17, 15) is 0 Å². The van der Waals surface area contributed by atoms with Crippen molar-refractivity contribution in [3.8, 4) is 0 Å². The van der Waals surface area contributed by atoms with Gasteiger partial charge < -0.3 is 10.2 Å². The minimum Gasteiger partial charge on any atom is -0.368 e. The van der Waals surface area contributed by atoms with Crippen LogP contribution in [-0.2, 0) is 0 Å². The second kappa shape index (κ2) is 5.68. The van der Waals surface area contributed by atoms with E-state index in [1.165, 1.54) is 0 Å². The smallest absolute Gasteiger partial charge is 0.140 e. The summed E-state index contributed by atoms with van der Waals surface area (Å²) in [6.45, 7) is 1.88. The topological polar surface area (TPSA) is 28.2 Å². The van der Waals surface area contributed by atoms with E-state index in [-0.39, 0.29) is 0 Å². The standard InChI is InChI=1S/C9H13Br2N3/c1-14(2)4-3-12-9-8(11)5-7(10)6-13-9/h5-6H,3-4H2,1-2H3,(H,12,13). The second-order valence-corrected chi connectivity index (χ2v) is 4.98. The highest BCUT2D eigenvalue weighted by Gasteiger charge is 2.00. The third-order valence-corrected chi connectivity index (χ3v) is 2.70. The van der Waals surface area contributed by atoms with Gasteiger partial charge in [0, 0.05) is 23.8 Å². The van der Waals surface area contributed by atoms with Gasteiger partial charge in [0.2, 0.25) is 0 Å². The van der Waals surface area contributed by atoms with Crippen LogP contribution in [0.5, 0.6) is 0 Å². The third-order valence-electron chi connectivity index (χ3n) is 1.66. The van der Waals surface area contributed by atoms with Crippen LogP contribution in [0.15, 0.2) is 21.2 Å². The third kappa shape index (κ3) is 3.94. The monoisotopic (exact) mass is 321 g/mol. The zero-order valence-electron chi connectivity index (χ0n) is 8.22. The summed E-state index contributed by atoms with van der Waals surface area (Å²) in [5, 5.41) is 3.25. The van der Waals surface area contributed by atoms with E-state index in [1.807, 2.05) is 20.2 Å². The van der Waals surface area contributed by atoms with Crippen molar-refractivity contribution in [1.29, 1.82) is 0 Å². The van der Waals surface area contributed by atoms with Crippen molar-refractivity contribution in [1.82, 2.24) is 9.88 Å². The van der Waals surface area contributed by atoms with Crippen LogP contribution in [0.4, 0.5) is 5.82 Å². The number of likely N-dealkylation sites (N-methyl/N-ethyl adjacent to an activating group) is 1. The van der Waals surface area contributed by atoms with Gasteiger partial charge in [0.15, 0.2) is 0 Å². The largest absolute Gasteiger partial charge is 0.368 e. The van der Waals surface area contributed by atoms with Crippen molar-refractivity contribution >= 4 is 37.7 Å². The van der Waals surface area contributed by atoms with Gasteiger partial charge in [-0.25, -0.2) is 4.98 Å². The number of nitrogens with zero attached hydrogens (tertiary/aromatic N) is 2. The van der Waals surface area contributed by atoms with Crippen LogP contribution in [0.1, 0.15) is 0 Å². The van der Waals surface area contributed by atoms with Crippen LogP contribution in [0.3, 0.4) is 0 Å². The van der Waals surface area contributed by atoms with Gasteiger partial charge in [-0.05, 0) is 52.0 Å². The molecule has 0 saturated carbocycles. The lowest BCUT2D eigenvalue weighted by molar-refractivity contribution is 0.425. The molecule has 0 spiro atoms. The lowest BCUT2D eigenvalue weighted by Gasteiger charge is -2.11. The molecule has 5 heteroatoms. The summed E-state index contributed by atoms with van der Waals surface area (Å²) in [5.41, 5.74) is 0. The molecule has 0 saturated heterocycles. The van der Waals surface area contributed by atoms with E-state index >= 15 is 0 Å². The minimum absolute atomic E-state index is 0.884. The molecular weight excluding hydrogens is 310 g/mol. The Kier molecular flexibility index (Phi) is 4.84. The number of rotatable bonds is 4.